The first kappa shape index (κ1) is 24.8. The van der Waals surface area contributed by atoms with E-state index >= 15 is 0 Å². The highest BCUT2D eigenvalue weighted by molar-refractivity contribution is 7.98. The van der Waals surface area contributed by atoms with Crippen molar-refractivity contribution >= 4 is 41.0 Å². The van der Waals surface area contributed by atoms with Crippen molar-refractivity contribution in [1.82, 2.24) is 15.1 Å². The Labute approximate surface area is 217 Å². The number of amides is 3. The summed E-state index contributed by atoms with van der Waals surface area (Å²) in [7, 11) is 1.60. The lowest BCUT2D eigenvalue weighted by atomic mass is 10.1. The molecule has 5 rings (SSSR count). The number of anilines is 2. The molecule has 2 N–H and O–H groups in total. The molecule has 0 radical (unpaired) electrons. The maximum atomic E-state index is 13.3. The van der Waals surface area contributed by atoms with Crippen LogP contribution in [-0.4, -0.2) is 41.2 Å². The highest BCUT2D eigenvalue weighted by Crippen LogP contribution is 2.35. The zero-order chi connectivity index (χ0) is 25.9. The van der Waals surface area contributed by atoms with E-state index < -0.39 is 11.7 Å². The quantitative estimate of drug-likeness (QED) is 0.470. The number of nitrogens with zero attached hydrogens (tertiary/aromatic N) is 3. The predicted molar refractivity (Wildman–Crippen MR) is 138 cm³/mol. The zero-order valence-electron chi connectivity index (χ0n) is 20.2. The minimum absolute atomic E-state index is 0.0469. The Morgan fingerprint density at radius 3 is 2.62 bits per heavy atom. The number of carbonyl (C=O) groups excluding carboxylic acids is 3. The van der Waals surface area contributed by atoms with E-state index in [1.807, 2.05) is 24.3 Å². The fourth-order valence-corrected chi connectivity index (χ4v) is 5.46. The molecule has 0 spiro atoms. The average molecular weight is 524 g/mol. The van der Waals surface area contributed by atoms with E-state index in [0.29, 0.717) is 29.6 Å². The van der Waals surface area contributed by atoms with Gasteiger partial charge in [0.05, 0.1) is 18.7 Å². The molecular weight excluding hydrogens is 497 g/mol. The molecule has 3 amide bonds. The van der Waals surface area contributed by atoms with Gasteiger partial charge < -0.3 is 20.3 Å². The number of aromatic nitrogens is 2. The van der Waals surface area contributed by atoms with Crippen LogP contribution in [-0.2, 0) is 39.0 Å². The van der Waals surface area contributed by atoms with Crippen LogP contribution in [0.1, 0.15) is 23.2 Å². The Balaban J connectivity index is 1.24. The molecule has 1 saturated heterocycles. The van der Waals surface area contributed by atoms with Gasteiger partial charge in [-0.2, -0.15) is 16.9 Å². The first-order valence-electron chi connectivity index (χ1n) is 11.8. The van der Waals surface area contributed by atoms with Gasteiger partial charge in [0.15, 0.2) is 0 Å². The molecule has 9 nitrogen and oxygen atoms in total. The largest absolute Gasteiger partial charge is 0.497 e. The molecule has 2 aliphatic heterocycles. The topological polar surface area (TPSA) is 106 Å². The first-order chi connectivity index (χ1) is 17.9. The second-order valence-electron chi connectivity index (χ2n) is 8.92. The molecule has 0 aliphatic carbocycles. The van der Waals surface area contributed by atoms with Gasteiger partial charge in [0.25, 0.3) is 0 Å². The molecule has 37 heavy (non-hydrogen) atoms. The molecular formula is C26H26FN5O4S. The summed E-state index contributed by atoms with van der Waals surface area (Å²) >= 11 is 1.69. The van der Waals surface area contributed by atoms with Crippen molar-refractivity contribution in [3.63, 3.8) is 0 Å². The van der Waals surface area contributed by atoms with Crippen LogP contribution in [0.15, 0.2) is 48.5 Å². The van der Waals surface area contributed by atoms with E-state index in [0.717, 1.165) is 22.6 Å². The van der Waals surface area contributed by atoms with E-state index in [1.54, 1.807) is 18.9 Å². The number of rotatable bonds is 8. The minimum Gasteiger partial charge on any atom is -0.497 e. The van der Waals surface area contributed by atoms with Crippen molar-refractivity contribution in [2.75, 3.05) is 23.9 Å². The van der Waals surface area contributed by atoms with E-state index in [-0.39, 0.29) is 37.2 Å². The van der Waals surface area contributed by atoms with E-state index in [2.05, 4.69) is 15.7 Å². The molecule has 1 unspecified atom stereocenters. The molecule has 3 aromatic rings. The summed E-state index contributed by atoms with van der Waals surface area (Å²) in [6.07, 6.45) is 0.0522. The third-order valence-corrected chi connectivity index (χ3v) is 7.41. The second kappa shape index (κ2) is 10.6. The van der Waals surface area contributed by atoms with Crippen LogP contribution in [0, 0.1) is 11.7 Å². The maximum Gasteiger partial charge on any atom is 0.242 e. The number of halogens is 1. The molecule has 11 heteroatoms. The Kier molecular flexibility index (Phi) is 7.13. The monoisotopic (exact) mass is 523 g/mol. The molecule has 1 fully saturated rings. The lowest BCUT2D eigenvalue weighted by Crippen LogP contribution is -2.31. The van der Waals surface area contributed by atoms with Crippen LogP contribution in [0.25, 0.3) is 0 Å². The Hall–Kier alpha value is -3.86. The number of carbonyl (C=O) groups is 3. The van der Waals surface area contributed by atoms with E-state index in [1.165, 1.54) is 33.8 Å². The predicted octanol–water partition coefficient (Wildman–Crippen LogP) is 3.09. The number of hydrogen-bond donors (Lipinski definition) is 2. The summed E-state index contributed by atoms with van der Waals surface area (Å²) in [5.41, 5.74) is 3.23. The number of ether oxygens (including phenoxy) is 1. The number of benzene rings is 2. The summed E-state index contributed by atoms with van der Waals surface area (Å²) < 4.78 is 20.0. The van der Waals surface area contributed by atoms with Crippen LogP contribution in [0.3, 0.4) is 0 Å². The third-order valence-electron chi connectivity index (χ3n) is 6.44. The molecule has 2 aromatic carbocycles. The molecule has 1 aromatic heterocycles. The highest BCUT2D eigenvalue weighted by Gasteiger charge is 2.36. The molecule has 0 saturated carbocycles. The number of methoxy groups -OCH3 is 1. The summed E-state index contributed by atoms with van der Waals surface area (Å²) in [5, 5.41) is 10.4. The SMILES string of the molecule is COc1ccc(CNC(=O)Cn2nc3c(c2NC(=O)C2CC(=O)N(c4ccc(F)cc4)C2)CSC3)cc1. The Morgan fingerprint density at radius 2 is 1.89 bits per heavy atom. The summed E-state index contributed by atoms with van der Waals surface area (Å²) in [6, 6.07) is 13.0. The lowest BCUT2D eigenvalue weighted by molar-refractivity contribution is -0.122. The number of fused-ring (bicyclic) bond motifs is 1. The van der Waals surface area contributed by atoms with Crippen molar-refractivity contribution in [3.05, 3.63) is 71.2 Å². The fourth-order valence-electron chi connectivity index (χ4n) is 4.43. The van der Waals surface area contributed by atoms with Gasteiger partial charge in [-0.15, -0.1) is 0 Å². The van der Waals surface area contributed by atoms with Crippen LogP contribution in [0.2, 0.25) is 0 Å². The smallest absolute Gasteiger partial charge is 0.242 e. The van der Waals surface area contributed by atoms with Crippen LogP contribution in [0.4, 0.5) is 15.9 Å². The second-order valence-corrected chi connectivity index (χ2v) is 9.91. The number of thioether (sulfide) groups is 1. The Bertz CT molecular complexity index is 1330. The van der Waals surface area contributed by atoms with Crippen molar-refractivity contribution < 1.29 is 23.5 Å². The Morgan fingerprint density at radius 1 is 1.14 bits per heavy atom. The number of nitrogens with one attached hydrogen (secondary N) is 2. The standard InChI is InChI=1S/C26H26FN5O4S/c1-36-20-8-2-16(3-9-20)11-28-23(33)13-32-25(21-14-37-15-22(21)30-32)29-26(35)17-10-24(34)31(12-17)19-6-4-18(27)5-7-19/h2-9,17H,10-15H2,1H3,(H,28,33)(H,29,35). The summed E-state index contributed by atoms with van der Waals surface area (Å²) in [5.74, 6) is 0.923. The van der Waals surface area contributed by atoms with Gasteiger partial charge in [0, 0.05) is 42.3 Å². The van der Waals surface area contributed by atoms with E-state index in [9.17, 15) is 18.8 Å². The van der Waals surface area contributed by atoms with Crippen LogP contribution >= 0.6 is 11.8 Å². The summed E-state index contributed by atoms with van der Waals surface area (Å²) in [6.45, 7) is 0.503. The first-order valence-corrected chi connectivity index (χ1v) is 13.0. The van der Waals surface area contributed by atoms with Gasteiger partial charge in [-0.05, 0) is 42.0 Å². The van der Waals surface area contributed by atoms with Crippen LogP contribution in [0.5, 0.6) is 5.75 Å². The molecule has 192 valence electrons. The molecule has 2 aliphatic rings. The van der Waals surface area contributed by atoms with Gasteiger partial charge in [-0.25, -0.2) is 9.07 Å². The lowest BCUT2D eigenvalue weighted by Gasteiger charge is -2.17. The summed E-state index contributed by atoms with van der Waals surface area (Å²) in [4.78, 5) is 40.0. The molecule has 3 heterocycles. The number of hydrogen-bond acceptors (Lipinski definition) is 6. The highest BCUT2D eigenvalue weighted by atomic mass is 32.2. The van der Waals surface area contributed by atoms with Crippen molar-refractivity contribution in [2.24, 2.45) is 5.92 Å². The zero-order valence-corrected chi connectivity index (χ0v) is 21.0. The van der Waals surface area contributed by atoms with Crippen molar-refractivity contribution in [3.8, 4) is 5.75 Å². The van der Waals surface area contributed by atoms with Crippen LogP contribution < -0.4 is 20.3 Å². The van der Waals surface area contributed by atoms with Gasteiger partial charge in [0.1, 0.15) is 23.9 Å². The van der Waals surface area contributed by atoms with Gasteiger partial charge in [0.2, 0.25) is 17.7 Å². The van der Waals surface area contributed by atoms with Gasteiger partial charge in [-0.3, -0.25) is 14.4 Å². The normalized spacial score (nSPS) is 16.5. The average Bonchev–Trinajstić information content (AvgIpc) is 3.60. The fraction of sp³-hybridized carbons (Fsp3) is 0.308. The molecule has 1 atom stereocenters. The van der Waals surface area contributed by atoms with Gasteiger partial charge >= 0.3 is 0 Å². The minimum atomic E-state index is -0.575. The molecule has 0 bridgehead atoms. The maximum absolute atomic E-state index is 13.3. The van der Waals surface area contributed by atoms with Crippen molar-refractivity contribution in [2.45, 2.75) is 31.0 Å². The van der Waals surface area contributed by atoms with E-state index in [4.69, 9.17) is 4.74 Å². The van der Waals surface area contributed by atoms with Gasteiger partial charge in [-0.1, -0.05) is 12.1 Å². The van der Waals surface area contributed by atoms with Crippen molar-refractivity contribution in [1.29, 1.82) is 0 Å². The third kappa shape index (κ3) is 5.46.